The van der Waals surface area contributed by atoms with Crippen LogP contribution < -0.4 is 10.2 Å². The maximum Gasteiger partial charge on any atom is 0.446 e. The molecule has 1 aromatic carbocycles. The van der Waals surface area contributed by atoms with E-state index in [9.17, 15) is 4.79 Å². The number of carbonyl (C=O) groups excluding carboxylic acids is 1. The number of aliphatic imine (C=N–C) groups is 1. The Morgan fingerprint density at radius 2 is 1.97 bits per heavy atom. The van der Waals surface area contributed by atoms with Gasteiger partial charge in [-0.25, -0.2) is 0 Å². The molecule has 2 rings (SSSR count). The van der Waals surface area contributed by atoms with Gasteiger partial charge in [-0.3, -0.25) is 4.79 Å². The molecule has 0 bridgehead atoms. The van der Waals surface area contributed by atoms with Gasteiger partial charge in [0, 0.05) is 25.7 Å². The Labute approximate surface area is 194 Å². The van der Waals surface area contributed by atoms with Crippen molar-refractivity contribution in [3.8, 4) is 6.07 Å². The van der Waals surface area contributed by atoms with Gasteiger partial charge in [-0.05, 0) is 31.0 Å². The number of azo groups is 1. The van der Waals surface area contributed by atoms with Crippen LogP contribution in [0.3, 0.4) is 0 Å². The maximum absolute atomic E-state index is 11.8. The van der Waals surface area contributed by atoms with Crippen molar-refractivity contribution in [3.05, 3.63) is 41.0 Å². The zero-order valence-corrected chi connectivity index (χ0v) is 19.2. The third-order valence-electron chi connectivity index (χ3n) is 4.93. The normalized spacial score (nSPS) is 15.0. The third kappa shape index (κ3) is 6.69. The van der Waals surface area contributed by atoms with Crippen LogP contribution in [0.5, 0.6) is 0 Å². The average Bonchev–Trinajstić information content (AvgIpc) is 3.14. The summed E-state index contributed by atoms with van der Waals surface area (Å²) in [6.45, 7) is 21.9. The van der Waals surface area contributed by atoms with E-state index in [1.54, 1.807) is 6.07 Å². The molecule has 1 unspecified atom stereocenters. The van der Waals surface area contributed by atoms with Gasteiger partial charge in [0.2, 0.25) is 12.5 Å². The van der Waals surface area contributed by atoms with Crippen LogP contribution in [0.1, 0.15) is 46.5 Å². The van der Waals surface area contributed by atoms with Gasteiger partial charge in [0.05, 0.1) is 12.3 Å². The van der Waals surface area contributed by atoms with Crippen molar-refractivity contribution in [2.75, 3.05) is 29.9 Å². The molecule has 170 valence electrons. The summed E-state index contributed by atoms with van der Waals surface area (Å²) in [6, 6.07) is 7.56. The monoisotopic (exact) mass is 446 g/mol. The maximum atomic E-state index is 11.8. The molecular formula is C23H28N9O+. The van der Waals surface area contributed by atoms with Gasteiger partial charge in [-0.1, -0.05) is 43.4 Å². The predicted octanol–water partition coefficient (Wildman–Crippen LogP) is 4.60. The van der Waals surface area contributed by atoms with Crippen molar-refractivity contribution in [3.63, 3.8) is 0 Å². The lowest BCUT2D eigenvalue weighted by atomic mass is 10.2. The van der Waals surface area contributed by atoms with Crippen LogP contribution in [-0.2, 0) is 4.79 Å². The number of hydrogen-bond acceptors (Lipinski definition) is 6. The number of anilines is 2. The minimum Gasteiger partial charge on any atom is -0.371 e. The first-order valence-electron chi connectivity index (χ1n) is 10.9. The lowest BCUT2D eigenvalue weighted by molar-refractivity contribution is -0.547. The highest BCUT2D eigenvalue weighted by atomic mass is 16.1. The van der Waals surface area contributed by atoms with E-state index in [1.165, 1.54) is 11.5 Å². The van der Waals surface area contributed by atoms with Crippen molar-refractivity contribution in [1.29, 1.82) is 5.26 Å². The Kier molecular flexibility index (Phi) is 9.67. The number of amides is 1. The van der Waals surface area contributed by atoms with Gasteiger partial charge in [-0.2, -0.15) is 14.7 Å². The molecule has 0 aromatic heterocycles. The minimum absolute atomic E-state index is 0.0181. The number of rotatable bonds is 11. The first-order chi connectivity index (χ1) is 16.0. The summed E-state index contributed by atoms with van der Waals surface area (Å²) in [5.74, 6) is -0.347. The molecule has 1 aliphatic heterocycles. The van der Waals surface area contributed by atoms with E-state index in [0.717, 1.165) is 44.5 Å². The lowest BCUT2D eigenvalue weighted by Crippen LogP contribution is -2.25. The minimum atomic E-state index is -0.978. The Morgan fingerprint density at radius 1 is 1.27 bits per heavy atom. The smallest absolute Gasteiger partial charge is 0.371 e. The van der Waals surface area contributed by atoms with Gasteiger partial charge >= 0.3 is 18.0 Å². The largest absolute Gasteiger partial charge is 0.446 e. The summed E-state index contributed by atoms with van der Waals surface area (Å²) in [6.07, 6.45) is 3.33. The quantitative estimate of drug-likeness (QED) is 0.232. The summed E-state index contributed by atoms with van der Waals surface area (Å²) in [5, 5.41) is 20.3. The molecule has 0 spiro atoms. The van der Waals surface area contributed by atoms with E-state index >= 15 is 0 Å². The van der Waals surface area contributed by atoms with E-state index < -0.39 is 6.29 Å². The number of benzene rings is 1. The van der Waals surface area contributed by atoms with Crippen molar-refractivity contribution < 1.29 is 9.37 Å². The molecule has 1 amide bonds. The number of unbranched alkanes of at least 4 members (excludes halogenated alkanes) is 2. The SMILES string of the molecule is [C-]#[N+]C1=NC(N=Nc2ccc(N(CCCC)CCCC)cc2NC(C)=O)[N+](CC#N)=C1[N+]#[C-]. The van der Waals surface area contributed by atoms with E-state index in [0.29, 0.717) is 11.4 Å². The van der Waals surface area contributed by atoms with Crippen LogP contribution in [0.4, 0.5) is 17.1 Å². The van der Waals surface area contributed by atoms with Gasteiger partial charge in [-0.15, -0.1) is 5.11 Å². The molecule has 0 aliphatic carbocycles. The fraction of sp³-hybridized carbons (Fsp3) is 0.478. The number of nitrogens with one attached hydrogen (secondary N) is 1. The summed E-state index contributed by atoms with van der Waals surface area (Å²) < 4.78 is 1.33. The van der Waals surface area contributed by atoms with Crippen molar-refractivity contribution in [1.82, 2.24) is 0 Å². The number of nitrogens with zero attached hydrogens (tertiary/aromatic N) is 8. The van der Waals surface area contributed by atoms with E-state index in [4.69, 9.17) is 18.4 Å². The van der Waals surface area contributed by atoms with Gasteiger partial charge in [0.15, 0.2) is 0 Å². The Hall–Kier alpha value is -4.10. The zero-order chi connectivity index (χ0) is 24.2. The highest BCUT2D eigenvalue weighted by molar-refractivity contribution is 6.46. The Bertz CT molecular complexity index is 1070. The zero-order valence-electron chi connectivity index (χ0n) is 19.2. The number of amidine groups is 2. The number of hydrogen-bond donors (Lipinski definition) is 1. The lowest BCUT2D eigenvalue weighted by Gasteiger charge is -2.25. The molecule has 1 atom stereocenters. The molecule has 33 heavy (non-hydrogen) atoms. The number of carbonyl (C=O) groups is 1. The van der Waals surface area contributed by atoms with Crippen LogP contribution in [0, 0.1) is 24.5 Å². The molecule has 10 nitrogen and oxygen atoms in total. The highest BCUT2D eigenvalue weighted by Crippen LogP contribution is 2.31. The molecule has 10 heteroatoms. The summed E-state index contributed by atoms with van der Waals surface area (Å²) in [7, 11) is 0. The summed E-state index contributed by atoms with van der Waals surface area (Å²) >= 11 is 0. The second kappa shape index (κ2) is 12.7. The van der Waals surface area contributed by atoms with Gasteiger partial charge in [0.25, 0.3) is 0 Å². The molecule has 1 N–H and O–H groups in total. The fourth-order valence-electron chi connectivity index (χ4n) is 3.27. The molecular weight excluding hydrogens is 418 g/mol. The standard InChI is InChI=1S/C23H27N9O/c1-6-8-13-31(14-9-7-2)18-10-11-19(20(16-18)27-17(3)33)29-30-23-28-21(25-4)22(26-5)32(23)15-12-24/h10-11,16,23H,6-9,13-15H2,1-3H3/p+1. The molecule has 1 aromatic rings. The van der Waals surface area contributed by atoms with Crippen LogP contribution in [0.25, 0.3) is 9.69 Å². The topological polar surface area (TPSA) is 105 Å². The Balaban J connectivity index is 2.41. The fourth-order valence-corrected chi connectivity index (χ4v) is 3.27. The average molecular weight is 447 g/mol. The van der Waals surface area contributed by atoms with Crippen molar-refractivity contribution in [2.24, 2.45) is 15.2 Å². The van der Waals surface area contributed by atoms with Crippen LogP contribution in [-0.4, -0.2) is 48.1 Å². The molecule has 1 aliphatic rings. The number of nitriles is 1. The van der Waals surface area contributed by atoms with Crippen LogP contribution in [0.2, 0.25) is 0 Å². The molecule has 0 radical (unpaired) electrons. The van der Waals surface area contributed by atoms with E-state index in [-0.39, 0.29) is 24.1 Å². The van der Waals surface area contributed by atoms with Crippen LogP contribution in [0.15, 0.2) is 33.4 Å². The van der Waals surface area contributed by atoms with Gasteiger partial charge < -0.3 is 15.1 Å². The first-order valence-corrected chi connectivity index (χ1v) is 10.9. The summed E-state index contributed by atoms with van der Waals surface area (Å²) in [4.78, 5) is 24.8. The predicted molar refractivity (Wildman–Crippen MR) is 127 cm³/mol. The molecule has 0 saturated carbocycles. The van der Waals surface area contributed by atoms with Crippen LogP contribution >= 0.6 is 0 Å². The van der Waals surface area contributed by atoms with Gasteiger partial charge in [0.1, 0.15) is 11.8 Å². The summed E-state index contributed by atoms with van der Waals surface area (Å²) in [5.41, 5.74) is 1.92. The second-order valence-corrected chi connectivity index (χ2v) is 7.42. The van der Waals surface area contributed by atoms with E-state index in [2.05, 4.69) is 49.0 Å². The van der Waals surface area contributed by atoms with Crippen molar-refractivity contribution in [2.45, 2.75) is 52.7 Å². The third-order valence-corrected chi connectivity index (χ3v) is 4.93. The highest BCUT2D eigenvalue weighted by Gasteiger charge is 2.39. The molecule has 0 fully saturated rings. The first kappa shape index (κ1) is 25.2. The van der Waals surface area contributed by atoms with Crippen molar-refractivity contribution >= 4 is 34.6 Å². The van der Waals surface area contributed by atoms with E-state index in [1.807, 2.05) is 18.2 Å². The molecule has 0 saturated heterocycles. The second-order valence-electron chi connectivity index (χ2n) is 7.42. The Morgan fingerprint density at radius 3 is 2.52 bits per heavy atom. The molecule has 1 heterocycles.